The zero-order valence-corrected chi connectivity index (χ0v) is 8.75. The minimum Gasteiger partial charge on any atom is -0.396 e. The lowest BCUT2D eigenvalue weighted by Crippen LogP contribution is -2.51. The molecule has 1 fully saturated rings. The van der Waals surface area contributed by atoms with Gasteiger partial charge in [-0.05, 0) is 12.3 Å². The van der Waals surface area contributed by atoms with Crippen molar-refractivity contribution in [3.63, 3.8) is 0 Å². The van der Waals surface area contributed by atoms with Gasteiger partial charge in [0.25, 0.3) is 0 Å². The normalized spacial score (nSPS) is 18.7. The molecular formula is C10H20N2O2. The summed E-state index contributed by atoms with van der Waals surface area (Å²) in [7, 11) is 0. The molecule has 82 valence electrons. The first-order valence-corrected chi connectivity index (χ1v) is 5.37. The molecule has 0 saturated carbocycles. The van der Waals surface area contributed by atoms with Crippen molar-refractivity contribution in [1.29, 1.82) is 0 Å². The lowest BCUT2D eigenvalue weighted by molar-refractivity contribution is -0.126. The molecule has 1 aliphatic rings. The lowest BCUT2D eigenvalue weighted by Gasteiger charge is -2.26. The quantitative estimate of drug-likeness (QED) is 0.553. The number of hydrogen-bond donors (Lipinski definition) is 3. The average molecular weight is 200 g/mol. The van der Waals surface area contributed by atoms with Crippen molar-refractivity contribution in [2.75, 3.05) is 26.2 Å². The van der Waals surface area contributed by atoms with Crippen LogP contribution in [0.4, 0.5) is 0 Å². The van der Waals surface area contributed by atoms with Gasteiger partial charge >= 0.3 is 0 Å². The minimum absolute atomic E-state index is 0.153. The molecule has 1 aliphatic heterocycles. The molecule has 1 unspecified atom stereocenters. The van der Waals surface area contributed by atoms with Gasteiger partial charge in [-0.15, -0.1) is 0 Å². The fourth-order valence-electron chi connectivity index (χ4n) is 1.50. The first-order chi connectivity index (χ1) is 6.77. The van der Waals surface area contributed by atoms with E-state index < -0.39 is 0 Å². The number of aliphatic hydroxyl groups is 1. The Labute approximate surface area is 85.1 Å². The highest BCUT2D eigenvalue weighted by molar-refractivity contribution is 5.79. The Morgan fingerprint density at radius 3 is 2.79 bits per heavy atom. The number of nitrogens with one attached hydrogen (secondary N) is 2. The van der Waals surface area contributed by atoms with Crippen LogP contribution in [0.3, 0.4) is 0 Å². The van der Waals surface area contributed by atoms with Gasteiger partial charge in [-0.1, -0.05) is 13.3 Å². The van der Waals surface area contributed by atoms with Crippen LogP contribution < -0.4 is 10.6 Å². The molecule has 1 amide bonds. The van der Waals surface area contributed by atoms with E-state index in [-0.39, 0.29) is 18.4 Å². The summed E-state index contributed by atoms with van der Waals surface area (Å²) in [6, 6.07) is 0. The smallest absolute Gasteiger partial charge is 0.225 e. The number of amides is 1. The van der Waals surface area contributed by atoms with Crippen LogP contribution in [0.15, 0.2) is 0 Å². The zero-order chi connectivity index (χ0) is 10.4. The summed E-state index contributed by atoms with van der Waals surface area (Å²) in [5, 5.41) is 14.8. The molecule has 0 aliphatic carbocycles. The largest absolute Gasteiger partial charge is 0.396 e. The van der Waals surface area contributed by atoms with Gasteiger partial charge in [0.1, 0.15) is 0 Å². The maximum atomic E-state index is 11.4. The Kier molecular flexibility index (Phi) is 4.90. The van der Waals surface area contributed by atoms with E-state index in [2.05, 4.69) is 17.6 Å². The molecule has 0 bridgehead atoms. The van der Waals surface area contributed by atoms with E-state index in [1.54, 1.807) is 0 Å². The maximum absolute atomic E-state index is 11.4. The van der Waals surface area contributed by atoms with Crippen LogP contribution in [0.25, 0.3) is 0 Å². The summed E-state index contributed by atoms with van der Waals surface area (Å²) in [5.41, 5.74) is 0. The van der Waals surface area contributed by atoms with E-state index in [1.165, 1.54) is 0 Å². The van der Waals surface area contributed by atoms with Gasteiger partial charge in [0.05, 0.1) is 5.92 Å². The van der Waals surface area contributed by atoms with Crippen LogP contribution in [0, 0.1) is 11.8 Å². The highest BCUT2D eigenvalue weighted by Gasteiger charge is 2.24. The summed E-state index contributed by atoms with van der Waals surface area (Å²) in [4.78, 5) is 11.4. The molecule has 0 aromatic carbocycles. The predicted octanol–water partition coefficient (Wildman–Crippen LogP) is -0.269. The van der Waals surface area contributed by atoms with E-state index in [0.29, 0.717) is 12.5 Å². The van der Waals surface area contributed by atoms with Crippen LogP contribution in [0.5, 0.6) is 0 Å². The van der Waals surface area contributed by atoms with Crippen molar-refractivity contribution >= 4 is 5.91 Å². The SMILES string of the molecule is CCC(CCO)CNC(=O)C1CNC1. The van der Waals surface area contributed by atoms with Crippen LogP contribution in [-0.4, -0.2) is 37.3 Å². The third-order valence-corrected chi connectivity index (χ3v) is 2.83. The first-order valence-electron chi connectivity index (χ1n) is 5.37. The highest BCUT2D eigenvalue weighted by Crippen LogP contribution is 2.07. The van der Waals surface area contributed by atoms with Crippen molar-refractivity contribution in [3.8, 4) is 0 Å². The zero-order valence-electron chi connectivity index (χ0n) is 8.75. The standard InChI is InChI=1S/C10H20N2O2/c1-2-8(3-4-13)5-12-10(14)9-6-11-7-9/h8-9,11,13H,2-7H2,1H3,(H,12,14). The Morgan fingerprint density at radius 1 is 1.64 bits per heavy atom. The molecule has 14 heavy (non-hydrogen) atoms. The van der Waals surface area contributed by atoms with Gasteiger partial charge in [0.2, 0.25) is 5.91 Å². The molecule has 1 rings (SSSR count). The van der Waals surface area contributed by atoms with Gasteiger partial charge in [0, 0.05) is 26.2 Å². The summed E-state index contributed by atoms with van der Waals surface area (Å²) < 4.78 is 0. The number of carbonyl (C=O) groups excluding carboxylic acids is 1. The third-order valence-electron chi connectivity index (χ3n) is 2.83. The molecule has 1 saturated heterocycles. The average Bonchev–Trinajstić information content (AvgIpc) is 2.09. The predicted molar refractivity (Wildman–Crippen MR) is 54.9 cm³/mol. The van der Waals surface area contributed by atoms with Crippen LogP contribution in [-0.2, 0) is 4.79 Å². The van der Waals surface area contributed by atoms with Crippen molar-refractivity contribution in [1.82, 2.24) is 10.6 Å². The summed E-state index contributed by atoms with van der Waals surface area (Å²) in [5.74, 6) is 0.735. The molecule has 4 heteroatoms. The monoisotopic (exact) mass is 200 g/mol. The van der Waals surface area contributed by atoms with Crippen molar-refractivity contribution in [2.24, 2.45) is 11.8 Å². The van der Waals surface area contributed by atoms with E-state index in [0.717, 1.165) is 25.9 Å². The van der Waals surface area contributed by atoms with Gasteiger partial charge in [-0.2, -0.15) is 0 Å². The van der Waals surface area contributed by atoms with Crippen LogP contribution in [0.1, 0.15) is 19.8 Å². The molecule has 0 aromatic heterocycles. The topological polar surface area (TPSA) is 61.4 Å². The number of hydrogen-bond acceptors (Lipinski definition) is 3. The second kappa shape index (κ2) is 5.98. The second-order valence-corrected chi connectivity index (χ2v) is 3.89. The molecular weight excluding hydrogens is 180 g/mol. The highest BCUT2D eigenvalue weighted by atomic mass is 16.3. The van der Waals surface area contributed by atoms with Crippen LogP contribution >= 0.6 is 0 Å². The molecule has 0 aromatic rings. The van der Waals surface area contributed by atoms with Crippen LogP contribution in [0.2, 0.25) is 0 Å². The molecule has 4 nitrogen and oxygen atoms in total. The molecule has 1 atom stereocenters. The van der Waals surface area contributed by atoms with Gasteiger partial charge in [0.15, 0.2) is 0 Å². The fourth-order valence-corrected chi connectivity index (χ4v) is 1.50. The Bertz CT molecular complexity index is 181. The maximum Gasteiger partial charge on any atom is 0.225 e. The summed E-state index contributed by atoms with van der Waals surface area (Å²) in [6.07, 6.45) is 1.78. The van der Waals surface area contributed by atoms with Crippen molar-refractivity contribution < 1.29 is 9.90 Å². The van der Waals surface area contributed by atoms with Crippen molar-refractivity contribution in [3.05, 3.63) is 0 Å². The summed E-state index contributed by atoms with van der Waals surface area (Å²) in [6.45, 7) is 4.61. The second-order valence-electron chi connectivity index (χ2n) is 3.89. The molecule has 0 spiro atoms. The van der Waals surface area contributed by atoms with Gasteiger partial charge in [-0.3, -0.25) is 4.79 Å². The van der Waals surface area contributed by atoms with E-state index in [1.807, 2.05) is 0 Å². The van der Waals surface area contributed by atoms with Gasteiger partial charge in [-0.25, -0.2) is 0 Å². The first kappa shape index (κ1) is 11.5. The minimum atomic E-state index is 0.153. The van der Waals surface area contributed by atoms with E-state index in [9.17, 15) is 4.79 Å². The fraction of sp³-hybridized carbons (Fsp3) is 0.900. The number of carbonyl (C=O) groups is 1. The Hall–Kier alpha value is -0.610. The Balaban J connectivity index is 2.13. The van der Waals surface area contributed by atoms with E-state index in [4.69, 9.17) is 5.11 Å². The lowest BCUT2D eigenvalue weighted by atomic mass is 10.0. The third kappa shape index (κ3) is 3.27. The number of aliphatic hydroxyl groups excluding tert-OH is 1. The number of rotatable bonds is 6. The van der Waals surface area contributed by atoms with Gasteiger partial charge < -0.3 is 15.7 Å². The summed E-state index contributed by atoms with van der Waals surface area (Å²) >= 11 is 0. The van der Waals surface area contributed by atoms with E-state index >= 15 is 0 Å². The molecule has 0 radical (unpaired) electrons. The Morgan fingerprint density at radius 2 is 2.36 bits per heavy atom. The van der Waals surface area contributed by atoms with Crippen molar-refractivity contribution in [2.45, 2.75) is 19.8 Å². The molecule has 3 N–H and O–H groups in total. The molecule has 1 heterocycles.